The van der Waals surface area contributed by atoms with Crippen molar-refractivity contribution in [2.75, 3.05) is 0 Å². The molecule has 0 atom stereocenters. The number of rotatable bonds is 4. The molecule has 3 heteroatoms. The van der Waals surface area contributed by atoms with E-state index >= 15 is 0 Å². The Labute approximate surface area is 121 Å². The Balaban J connectivity index is 1.89. The lowest BCUT2D eigenvalue weighted by Gasteiger charge is -2.37. The highest BCUT2D eigenvalue weighted by molar-refractivity contribution is 6.03. The number of alkyl halides is 1. The highest BCUT2D eigenvalue weighted by Gasteiger charge is 2.44. The average molecular weight is 282 g/mol. The third-order valence-electron chi connectivity index (χ3n) is 5.29. The van der Waals surface area contributed by atoms with Crippen LogP contribution in [0.3, 0.4) is 0 Å². The van der Waals surface area contributed by atoms with Crippen molar-refractivity contribution in [1.82, 2.24) is 0 Å². The van der Waals surface area contributed by atoms with Crippen LogP contribution in [0.1, 0.15) is 78.1 Å². The van der Waals surface area contributed by atoms with Crippen LogP contribution in [0.15, 0.2) is 0 Å². The van der Waals surface area contributed by atoms with Crippen LogP contribution in [0.25, 0.3) is 0 Å². The van der Waals surface area contributed by atoms with E-state index < -0.39 is 11.5 Å². The molecule has 0 bridgehead atoms. The Kier molecular flexibility index (Phi) is 4.66. The van der Waals surface area contributed by atoms with Crippen LogP contribution in [0.5, 0.6) is 0 Å². The van der Waals surface area contributed by atoms with Crippen LogP contribution in [0.2, 0.25) is 0 Å². The molecule has 2 nitrogen and oxygen atoms in total. The van der Waals surface area contributed by atoms with Crippen LogP contribution in [0, 0.1) is 11.3 Å². The van der Waals surface area contributed by atoms with Crippen LogP contribution < -0.4 is 0 Å². The first-order chi connectivity index (χ1) is 9.32. The van der Waals surface area contributed by atoms with E-state index in [0.29, 0.717) is 0 Å². The smallest absolute Gasteiger partial charge is 0.177 e. The molecular weight excluding hydrogens is 255 g/mol. The highest BCUT2D eigenvalue weighted by Crippen LogP contribution is 2.43. The number of halogens is 1. The number of ketones is 2. The second-order valence-corrected chi connectivity index (χ2v) is 7.53. The van der Waals surface area contributed by atoms with E-state index in [-0.39, 0.29) is 36.4 Å². The maximum absolute atomic E-state index is 14.7. The van der Waals surface area contributed by atoms with Crippen LogP contribution in [-0.4, -0.2) is 17.2 Å². The average Bonchev–Trinajstić information content (AvgIpc) is 2.43. The molecule has 0 aromatic carbocycles. The van der Waals surface area contributed by atoms with Gasteiger partial charge in [-0.3, -0.25) is 9.59 Å². The molecule has 0 amide bonds. The van der Waals surface area contributed by atoms with Crippen molar-refractivity contribution in [2.24, 2.45) is 11.3 Å². The highest BCUT2D eigenvalue weighted by atomic mass is 19.1. The second-order valence-electron chi connectivity index (χ2n) is 7.53. The normalized spacial score (nSPS) is 26.1. The zero-order valence-corrected chi connectivity index (χ0v) is 12.8. The summed E-state index contributed by atoms with van der Waals surface area (Å²) < 4.78 is 14.7. The quantitative estimate of drug-likeness (QED) is 0.716. The lowest BCUT2D eigenvalue weighted by Crippen LogP contribution is -2.41. The van der Waals surface area contributed by atoms with Gasteiger partial charge in [0.2, 0.25) is 0 Å². The van der Waals surface area contributed by atoms with Crippen LogP contribution >= 0.6 is 0 Å². The second kappa shape index (κ2) is 5.95. The summed E-state index contributed by atoms with van der Waals surface area (Å²) in [7, 11) is 0. The molecule has 2 saturated carbocycles. The lowest BCUT2D eigenvalue weighted by atomic mass is 9.69. The zero-order chi connectivity index (χ0) is 14.8. The molecule has 0 saturated heterocycles. The van der Waals surface area contributed by atoms with Crippen molar-refractivity contribution in [1.29, 1.82) is 0 Å². The molecule has 0 heterocycles. The summed E-state index contributed by atoms with van der Waals surface area (Å²) in [6.45, 7) is 4.23. The summed E-state index contributed by atoms with van der Waals surface area (Å²) in [4.78, 5) is 24.3. The van der Waals surface area contributed by atoms with Gasteiger partial charge >= 0.3 is 0 Å². The van der Waals surface area contributed by atoms with E-state index in [9.17, 15) is 14.0 Å². The molecule has 0 unspecified atom stereocenters. The van der Waals surface area contributed by atoms with Crippen LogP contribution in [-0.2, 0) is 9.59 Å². The summed E-state index contributed by atoms with van der Waals surface area (Å²) in [6, 6.07) is 0. The Hall–Kier alpha value is -0.730. The maximum atomic E-state index is 14.7. The van der Waals surface area contributed by atoms with Gasteiger partial charge in [-0.25, -0.2) is 4.39 Å². The van der Waals surface area contributed by atoms with Gasteiger partial charge in [-0.1, -0.05) is 33.1 Å². The van der Waals surface area contributed by atoms with Crippen molar-refractivity contribution in [2.45, 2.75) is 83.7 Å². The Morgan fingerprint density at radius 1 is 1.00 bits per heavy atom. The largest absolute Gasteiger partial charge is 0.299 e. The minimum Gasteiger partial charge on any atom is -0.299 e. The number of hydrogen-bond acceptors (Lipinski definition) is 2. The van der Waals surface area contributed by atoms with Gasteiger partial charge in [0.15, 0.2) is 11.5 Å². The van der Waals surface area contributed by atoms with E-state index in [4.69, 9.17) is 0 Å². The maximum Gasteiger partial charge on any atom is 0.177 e. The van der Waals surface area contributed by atoms with Crippen molar-refractivity contribution in [3.8, 4) is 0 Å². The summed E-state index contributed by atoms with van der Waals surface area (Å²) >= 11 is 0. The monoisotopic (exact) mass is 282 g/mol. The van der Waals surface area contributed by atoms with E-state index in [2.05, 4.69) is 13.8 Å². The number of carbonyl (C=O) groups excluding carboxylic acids is 2. The summed E-state index contributed by atoms with van der Waals surface area (Å²) in [5.41, 5.74) is -1.61. The fourth-order valence-electron chi connectivity index (χ4n) is 3.49. The zero-order valence-electron chi connectivity index (χ0n) is 12.8. The molecule has 2 aliphatic rings. The van der Waals surface area contributed by atoms with Gasteiger partial charge in [0.25, 0.3) is 0 Å². The molecular formula is C17H27FO2. The van der Waals surface area contributed by atoms with E-state index in [1.54, 1.807) is 0 Å². The predicted octanol–water partition coefficient (Wildman–Crippen LogP) is 4.40. The number of hydrogen-bond donors (Lipinski definition) is 0. The van der Waals surface area contributed by atoms with Crippen molar-refractivity contribution < 1.29 is 14.0 Å². The lowest BCUT2D eigenvalue weighted by molar-refractivity contribution is -0.139. The van der Waals surface area contributed by atoms with E-state index in [1.165, 1.54) is 6.42 Å². The molecule has 20 heavy (non-hydrogen) atoms. The fourth-order valence-corrected chi connectivity index (χ4v) is 3.49. The summed E-state index contributed by atoms with van der Waals surface area (Å²) in [6.07, 6.45) is 6.95. The molecule has 2 rings (SSSR count). The van der Waals surface area contributed by atoms with Gasteiger partial charge in [-0.05, 0) is 43.9 Å². The van der Waals surface area contributed by atoms with Gasteiger partial charge in [-0.15, -0.1) is 0 Å². The molecule has 0 aliphatic heterocycles. The molecule has 0 spiro atoms. The van der Waals surface area contributed by atoms with Crippen molar-refractivity contribution >= 4 is 11.6 Å². The van der Waals surface area contributed by atoms with Crippen LogP contribution in [0.4, 0.5) is 4.39 Å². The molecule has 2 fully saturated rings. The first kappa shape index (κ1) is 15.7. The van der Waals surface area contributed by atoms with Gasteiger partial charge in [-0.2, -0.15) is 0 Å². The summed E-state index contributed by atoms with van der Waals surface area (Å²) in [5.74, 6) is -0.462. The minimum absolute atomic E-state index is 0.0105. The first-order valence-corrected chi connectivity index (χ1v) is 8.07. The van der Waals surface area contributed by atoms with Gasteiger partial charge in [0, 0.05) is 5.92 Å². The van der Waals surface area contributed by atoms with Crippen molar-refractivity contribution in [3.63, 3.8) is 0 Å². The first-order valence-electron chi connectivity index (χ1n) is 8.07. The minimum atomic E-state index is -1.74. The SMILES string of the molecule is CC1(C)CCC(F)(C(=O)CC(=O)C2CCCCC2)CC1. The van der Waals surface area contributed by atoms with Gasteiger partial charge in [0.1, 0.15) is 5.78 Å². The van der Waals surface area contributed by atoms with Crippen molar-refractivity contribution in [3.05, 3.63) is 0 Å². The third-order valence-corrected chi connectivity index (χ3v) is 5.29. The third kappa shape index (κ3) is 3.67. The van der Waals surface area contributed by atoms with Gasteiger partial charge < -0.3 is 0 Å². The predicted molar refractivity (Wildman–Crippen MR) is 77.3 cm³/mol. The molecule has 0 N–H and O–H groups in total. The molecule has 2 aliphatic carbocycles. The number of carbonyl (C=O) groups is 2. The molecule has 0 aromatic heterocycles. The standard InChI is InChI=1S/C17H27FO2/c1-16(2)8-10-17(18,11-9-16)15(20)12-14(19)13-6-4-3-5-7-13/h13H,3-12H2,1-2H3. The molecule has 0 aromatic rings. The summed E-state index contributed by atoms with van der Waals surface area (Å²) in [5, 5.41) is 0. The molecule has 114 valence electrons. The fraction of sp³-hybridized carbons (Fsp3) is 0.882. The Morgan fingerprint density at radius 3 is 2.10 bits per heavy atom. The van der Waals surface area contributed by atoms with E-state index in [1.807, 2.05) is 0 Å². The molecule has 0 radical (unpaired) electrons. The topological polar surface area (TPSA) is 34.1 Å². The van der Waals surface area contributed by atoms with E-state index in [0.717, 1.165) is 38.5 Å². The Morgan fingerprint density at radius 2 is 1.55 bits per heavy atom. The Bertz CT molecular complexity index is 370. The number of Topliss-reactive ketones (excluding diaryl/α,β-unsaturated/α-hetero) is 2. The van der Waals surface area contributed by atoms with Gasteiger partial charge in [0.05, 0.1) is 6.42 Å².